The summed E-state index contributed by atoms with van der Waals surface area (Å²) in [5, 5.41) is 2.53. The van der Waals surface area contributed by atoms with Crippen LogP contribution in [0.5, 0.6) is 0 Å². The van der Waals surface area contributed by atoms with E-state index in [0.717, 1.165) is 33.9 Å². The first kappa shape index (κ1) is 29.5. The second-order valence-electron chi connectivity index (χ2n) is 12.6. The minimum atomic E-state index is 1.10. The fourth-order valence-electron chi connectivity index (χ4n) is 7.28. The van der Waals surface area contributed by atoms with Crippen molar-refractivity contribution in [2.24, 2.45) is 0 Å². The molecule has 0 amide bonds. The Bertz CT molecular complexity index is 2510. The fourth-order valence-corrected chi connectivity index (χ4v) is 7.28. The number of anilines is 3. The Morgan fingerprint density at radius 1 is 0.300 bits per heavy atom. The summed E-state index contributed by atoms with van der Waals surface area (Å²) >= 11 is 0. The van der Waals surface area contributed by atoms with Crippen LogP contribution in [0.15, 0.2) is 206 Å². The number of rotatable bonds is 7. The lowest BCUT2D eigenvalue weighted by Gasteiger charge is -2.30. The van der Waals surface area contributed by atoms with Crippen molar-refractivity contribution in [1.29, 1.82) is 0 Å². The number of hydrogen-bond donors (Lipinski definition) is 0. The van der Waals surface area contributed by atoms with Crippen molar-refractivity contribution in [3.05, 3.63) is 206 Å². The average molecular weight is 639 g/mol. The van der Waals surface area contributed by atoms with Gasteiger partial charge in [0.15, 0.2) is 0 Å². The molecule has 0 bridgehead atoms. The van der Waals surface area contributed by atoms with Crippen LogP contribution in [0.2, 0.25) is 0 Å². The minimum Gasteiger partial charge on any atom is -0.309 e. The molecule has 0 fully saturated rings. The molecule has 0 N–H and O–H groups in total. The molecule has 236 valence electrons. The van der Waals surface area contributed by atoms with Gasteiger partial charge in [-0.2, -0.15) is 0 Å². The zero-order valence-corrected chi connectivity index (χ0v) is 27.5. The molecule has 2 nitrogen and oxygen atoms in total. The van der Waals surface area contributed by atoms with Crippen molar-refractivity contribution >= 4 is 38.9 Å². The van der Waals surface area contributed by atoms with Crippen molar-refractivity contribution in [3.63, 3.8) is 0 Å². The molecule has 0 spiro atoms. The van der Waals surface area contributed by atoms with Crippen LogP contribution in [0.3, 0.4) is 0 Å². The Labute approximate surface area is 292 Å². The quantitative estimate of drug-likeness (QED) is 0.169. The maximum atomic E-state index is 2.41. The molecule has 1 aromatic heterocycles. The van der Waals surface area contributed by atoms with Gasteiger partial charge < -0.3 is 9.47 Å². The first-order chi connectivity index (χ1) is 24.8. The zero-order chi connectivity index (χ0) is 33.3. The van der Waals surface area contributed by atoms with E-state index in [1.54, 1.807) is 0 Å². The molecule has 0 unspecified atom stereocenters. The lowest BCUT2D eigenvalue weighted by atomic mass is 9.98. The van der Waals surface area contributed by atoms with Gasteiger partial charge in [-0.05, 0) is 70.8 Å². The summed E-state index contributed by atoms with van der Waals surface area (Å²) in [5.74, 6) is 0. The van der Waals surface area contributed by atoms with E-state index in [4.69, 9.17) is 0 Å². The average Bonchev–Trinajstić information content (AvgIpc) is 3.54. The van der Waals surface area contributed by atoms with Crippen LogP contribution >= 0.6 is 0 Å². The number of benzene rings is 8. The van der Waals surface area contributed by atoms with Gasteiger partial charge in [-0.1, -0.05) is 158 Å². The molecule has 0 saturated carbocycles. The summed E-state index contributed by atoms with van der Waals surface area (Å²) in [7, 11) is 0. The topological polar surface area (TPSA) is 8.17 Å². The second-order valence-corrected chi connectivity index (χ2v) is 12.6. The van der Waals surface area contributed by atoms with E-state index in [0.29, 0.717) is 0 Å². The molecule has 9 aromatic rings. The third kappa shape index (κ3) is 5.24. The molecule has 0 atom stereocenters. The minimum absolute atomic E-state index is 1.10. The van der Waals surface area contributed by atoms with Crippen LogP contribution in [0.25, 0.3) is 60.9 Å². The molecule has 0 aliphatic rings. The van der Waals surface area contributed by atoms with Crippen LogP contribution < -0.4 is 4.90 Å². The Hall–Kier alpha value is -6.64. The molecule has 0 saturated heterocycles. The van der Waals surface area contributed by atoms with E-state index in [1.807, 2.05) is 0 Å². The van der Waals surface area contributed by atoms with Gasteiger partial charge in [-0.3, -0.25) is 0 Å². The third-order valence-electron chi connectivity index (χ3n) is 9.62. The second kappa shape index (κ2) is 12.8. The van der Waals surface area contributed by atoms with Gasteiger partial charge in [0.25, 0.3) is 0 Å². The standard InChI is InChI=1S/C48H34N2/c1-3-15-35(16-4-1)36-27-31-39(32-28-36)49(45-23-11-7-19-41(45)37-17-5-2-6-18-37)46-24-12-8-20-42(46)38-29-33-40(34-30-38)50-47-25-13-9-21-43(47)44-22-10-14-26-48(44)50/h1-34H. The van der Waals surface area contributed by atoms with Crippen molar-refractivity contribution in [3.8, 4) is 39.1 Å². The number of para-hydroxylation sites is 4. The van der Waals surface area contributed by atoms with Crippen molar-refractivity contribution in [2.45, 2.75) is 0 Å². The summed E-state index contributed by atoms with van der Waals surface area (Å²) in [6.07, 6.45) is 0. The van der Waals surface area contributed by atoms with Crippen LogP contribution in [0, 0.1) is 0 Å². The Kier molecular flexibility index (Phi) is 7.53. The molecule has 8 aromatic carbocycles. The molecule has 9 rings (SSSR count). The van der Waals surface area contributed by atoms with Crippen molar-refractivity contribution in [2.75, 3.05) is 4.90 Å². The number of aromatic nitrogens is 1. The maximum absolute atomic E-state index is 2.41. The molecule has 0 radical (unpaired) electrons. The summed E-state index contributed by atoms with van der Waals surface area (Å²) in [4.78, 5) is 2.41. The highest BCUT2D eigenvalue weighted by atomic mass is 15.1. The van der Waals surface area contributed by atoms with Crippen molar-refractivity contribution in [1.82, 2.24) is 4.57 Å². The third-order valence-corrected chi connectivity index (χ3v) is 9.62. The SMILES string of the molecule is c1ccc(-c2ccc(N(c3ccccc3-c3ccccc3)c3ccccc3-c3ccc(-n4c5ccccc5c5ccccc54)cc3)cc2)cc1. The lowest BCUT2D eigenvalue weighted by Crippen LogP contribution is -2.12. The Balaban J connectivity index is 1.19. The van der Waals surface area contributed by atoms with Gasteiger partial charge in [0.05, 0.1) is 22.4 Å². The van der Waals surface area contributed by atoms with E-state index in [2.05, 4.69) is 216 Å². The zero-order valence-electron chi connectivity index (χ0n) is 27.5. The fraction of sp³-hybridized carbons (Fsp3) is 0. The predicted octanol–water partition coefficient (Wildman–Crippen LogP) is 13.3. The molecular formula is C48H34N2. The van der Waals surface area contributed by atoms with Crippen molar-refractivity contribution < 1.29 is 0 Å². The van der Waals surface area contributed by atoms with E-state index < -0.39 is 0 Å². The van der Waals surface area contributed by atoms with E-state index in [1.165, 1.54) is 44.1 Å². The maximum Gasteiger partial charge on any atom is 0.0541 e. The molecule has 0 aliphatic carbocycles. The highest BCUT2D eigenvalue weighted by molar-refractivity contribution is 6.09. The normalized spacial score (nSPS) is 11.2. The molecule has 2 heteroatoms. The lowest BCUT2D eigenvalue weighted by molar-refractivity contribution is 1.18. The molecule has 50 heavy (non-hydrogen) atoms. The van der Waals surface area contributed by atoms with Gasteiger partial charge in [0, 0.05) is 33.3 Å². The molecule has 0 aliphatic heterocycles. The van der Waals surface area contributed by atoms with Crippen LogP contribution in [0.4, 0.5) is 17.1 Å². The van der Waals surface area contributed by atoms with Gasteiger partial charge in [0.2, 0.25) is 0 Å². The van der Waals surface area contributed by atoms with E-state index in [9.17, 15) is 0 Å². The Morgan fingerprint density at radius 3 is 1.26 bits per heavy atom. The summed E-state index contributed by atoms with van der Waals surface area (Å²) in [6.45, 7) is 0. The van der Waals surface area contributed by atoms with Crippen LogP contribution in [-0.2, 0) is 0 Å². The smallest absolute Gasteiger partial charge is 0.0541 e. The van der Waals surface area contributed by atoms with E-state index in [-0.39, 0.29) is 0 Å². The molecule has 1 heterocycles. The van der Waals surface area contributed by atoms with Gasteiger partial charge in [-0.25, -0.2) is 0 Å². The van der Waals surface area contributed by atoms with E-state index >= 15 is 0 Å². The Morgan fingerprint density at radius 2 is 0.700 bits per heavy atom. The van der Waals surface area contributed by atoms with Gasteiger partial charge in [0.1, 0.15) is 0 Å². The first-order valence-corrected chi connectivity index (χ1v) is 17.1. The molecular weight excluding hydrogens is 605 g/mol. The van der Waals surface area contributed by atoms with Crippen LogP contribution in [-0.4, -0.2) is 4.57 Å². The highest BCUT2D eigenvalue weighted by Crippen LogP contribution is 2.45. The summed E-state index contributed by atoms with van der Waals surface area (Å²) in [5.41, 5.74) is 14.0. The monoisotopic (exact) mass is 638 g/mol. The first-order valence-electron chi connectivity index (χ1n) is 17.1. The van der Waals surface area contributed by atoms with Gasteiger partial charge >= 0.3 is 0 Å². The number of fused-ring (bicyclic) bond motifs is 3. The number of nitrogens with zero attached hydrogens (tertiary/aromatic N) is 2. The summed E-state index contributed by atoms with van der Waals surface area (Å²) < 4.78 is 2.37. The summed E-state index contributed by atoms with van der Waals surface area (Å²) in [6, 6.07) is 74.0. The highest BCUT2D eigenvalue weighted by Gasteiger charge is 2.20. The van der Waals surface area contributed by atoms with Crippen LogP contribution in [0.1, 0.15) is 0 Å². The largest absolute Gasteiger partial charge is 0.309 e. The predicted molar refractivity (Wildman–Crippen MR) is 212 cm³/mol. The number of hydrogen-bond acceptors (Lipinski definition) is 1. The van der Waals surface area contributed by atoms with Gasteiger partial charge in [-0.15, -0.1) is 0 Å².